The number of carbonyl (C=O) groups excluding carboxylic acids is 1. The summed E-state index contributed by atoms with van der Waals surface area (Å²) in [5.74, 6) is -0.873. The van der Waals surface area contributed by atoms with Crippen LogP contribution in [0, 0.1) is 0 Å². The molecule has 7 heteroatoms. The average Bonchev–Trinajstić information content (AvgIpc) is 2.51. The van der Waals surface area contributed by atoms with Crippen molar-refractivity contribution in [2.75, 3.05) is 27.4 Å². The Morgan fingerprint density at radius 1 is 1.18 bits per heavy atom. The first-order valence-corrected chi connectivity index (χ1v) is 6.48. The molecule has 0 radical (unpaired) electrons. The molecule has 0 saturated heterocycles. The quantitative estimate of drug-likeness (QED) is 0.579. The lowest BCUT2D eigenvalue weighted by Gasteiger charge is -2.14. The van der Waals surface area contributed by atoms with E-state index in [4.69, 9.17) is 24.1 Å². The smallest absolute Gasteiger partial charge is 0.335 e. The molecule has 120 valence electrons. The molecule has 0 aromatic heterocycles. The highest BCUT2D eigenvalue weighted by atomic mass is 16.5. The van der Waals surface area contributed by atoms with Crippen LogP contribution < -0.4 is 14.2 Å². The van der Waals surface area contributed by atoms with E-state index in [0.29, 0.717) is 6.61 Å². The molecule has 1 N–H and O–H groups in total. The van der Waals surface area contributed by atoms with Crippen molar-refractivity contribution in [1.29, 1.82) is 0 Å². The van der Waals surface area contributed by atoms with E-state index in [-0.39, 0.29) is 29.4 Å². The molecule has 0 bridgehead atoms. The Morgan fingerprint density at radius 2 is 1.77 bits per heavy atom. The Hall–Kier alpha value is -2.70. The maximum atomic E-state index is 11.1. The van der Waals surface area contributed by atoms with Crippen LogP contribution in [-0.2, 0) is 9.53 Å². The summed E-state index contributed by atoms with van der Waals surface area (Å²) in [6, 6.07) is 2.66. The van der Waals surface area contributed by atoms with Gasteiger partial charge in [-0.15, -0.1) is 0 Å². The monoisotopic (exact) mass is 310 g/mol. The van der Waals surface area contributed by atoms with Crippen LogP contribution in [0.15, 0.2) is 24.3 Å². The molecule has 0 aliphatic carbocycles. The van der Waals surface area contributed by atoms with E-state index < -0.39 is 11.9 Å². The third-order valence-corrected chi connectivity index (χ3v) is 2.57. The van der Waals surface area contributed by atoms with Crippen LogP contribution in [-0.4, -0.2) is 44.5 Å². The van der Waals surface area contributed by atoms with Crippen LogP contribution in [0.1, 0.15) is 17.3 Å². The van der Waals surface area contributed by atoms with Gasteiger partial charge in [0.15, 0.2) is 11.5 Å². The molecule has 0 saturated carbocycles. The normalized spacial score (nSPS) is 10.3. The summed E-state index contributed by atoms with van der Waals surface area (Å²) >= 11 is 0. The van der Waals surface area contributed by atoms with Gasteiger partial charge in [-0.25, -0.2) is 9.59 Å². The van der Waals surface area contributed by atoms with Gasteiger partial charge in [0.05, 0.1) is 26.4 Å². The van der Waals surface area contributed by atoms with Crippen molar-refractivity contribution in [3.8, 4) is 17.2 Å². The first-order valence-electron chi connectivity index (χ1n) is 6.48. The van der Waals surface area contributed by atoms with Gasteiger partial charge >= 0.3 is 11.9 Å². The number of methoxy groups -OCH3 is 2. The van der Waals surface area contributed by atoms with E-state index in [1.54, 1.807) is 6.92 Å². The van der Waals surface area contributed by atoms with Gasteiger partial charge in [-0.05, 0) is 25.1 Å². The van der Waals surface area contributed by atoms with E-state index >= 15 is 0 Å². The number of rotatable bonds is 8. The van der Waals surface area contributed by atoms with Crippen LogP contribution in [0.4, 0.5) is 0 Å². The van der Waals surface area contributed by atoms with Crippen LogP contribution >= 0.6 is 0 Å². The molecule has 0 fully saturated rings. The van der Waals surface area contributed by atoms with Crippen LogP contribution in [0.5, 0.6) is 17.2 Å². The lowest BCUT2D eigenvalue weighted by Crippen LogP contribution is -2.04. The molecule has 0 spiro atoms. The van der Waals surface area contributed by atoms with Crippen LogP contribution in [0.2, 0.25) is 0 Å². The molecule has 1 aromatic carbocycles. The number of carbonyl (C=O) groups is 2. The molecule has 0 unspecified atom stereocenters. The van der Waals surface area contributed by atoms with Crippen molar-refractivity contribution in [1.82, 2.24) is 0 Å². The minimum atomic E-state index is -1.11. The van der Waals surface area contributed by atoms with Gasteiger partial charge in [-0.2, -0.15) is 0 Å². The lowest BCUT2D eigenvalue weighted by atomic mass is 10.2. The molecule has 0 heterocycles. The second-order valence-electron chi connectivity index (χ2n) is 3.98. The van der Waals surface area contributed by atoms with Gasteiger partial charge in [0.2, 0.25) is 5.75 Å². The predicted octanol–water partition coefficient (Wildman–Crippen LogP) is 1.90. The Bertz CT molecular complexity index is 538. The number of benzene rings is 1. The molecule has 0 atom stereocenters. The highest BCUT2D eigenvalue weighted by Gasteiger charge is 2.16. The van der Waals surface area contributed by atoms with Crippen molar-refractivity contribution in [2.24, 2.45) is 0 Å². The summed E-state index contributed by atoms with van der Waals surface area (Å²) in [5, 5.41) is 9.03. The van der Waals surface area contributed by atoms with E-state index in [1.807, 2.05) is 0 Å². The van der Waals surface area contributed by atoms with Gasteiger partial charge in [-0.1, -0.05) is 0 Å². The molecule has 1 rings (SSSR count). The molecule has 22 heavy (non-hydrogen) atoms. The van der Waals surface area contributed by atoms with E-state index in [2.05, 4.69) is 0 Å². The number of ether oxygens (including phenoxy) is 4. The predicted molar refractivity (Wildman–Crippen MR) is 77.8 cm³/mol. The van der Waals surface area contributed by atoms with Crippen LogP contribution in [0.25, 0.3) is 0 Å². The van der Waals surface area contributed by atoms with Gasteiger partial charge in [0.1, 0.15) is 6.61 Å². The Labute approximate surface area is 128 Å². The molecule has 1 aromatic rings. The molecular weight excluding hydrogens is 292 g/mol. The third kappa shape index (κ3) is 4.69. The lowest BCUT2D eigenvalue weighted by molar-refractivity contribution is -0.137. The van der Waals surface area contributed by atoms with Gasteiger partial charge in [-0.3, -0.25) is 0 Å². The SMILES string of the molecule is CCOC(=O)C=CCOc1c(OC)cc(C(=O)O)cc1OC. The Kier molecular flexibility index (Phi) is 6.75. The highest BCUT2D eigenvalue weighted by molar-refractivity contribution is 5.89. The second kappa shape index (κ2) is 8.56. The average molecular weight is 310 g/mol. The van der Waals surface area contributed by atoms with Gasteiger partial charge in [0.25, 0.3) is 0 Å². The zero-order valence-corrected chi connectivity index (χ0v) is 12.6. The molecule has 7 nitrogen and oxygen atoms in total. The fourth-order valence-corrected chi connectivity index (χ4v) is 1.61. The number of aromatic carboxylic acids is 1. The minimum Gasteiger partial charge on any atom is -0.493 e. The topological polar surface area (TPSA) is 91.3 Å². The number of hydrogen-bond donors (Lipinski definition) is 1. The summed E-state index contributed by atoms with van der Waals surface area (Å²) in [6.07, 6.45) is 2.72. The van der Waals surface area contributed by atoms with E-state index in [9.17, 15) is 9.59 Å². The third-order valence-electron chi connectivity index (χ3n) is 2.57. The van der Waals surface area contributed by atoms with Crippen LogP contribution in [0.3, 0.4) is 0 Å². The van der Waals surface area contributed by atoms with E-state index in [1.165, 1.54) is 38.5 Å². The molecule has 0 amide bonds. The number of carboxylic acids is 1. The Balaban J connectivity index is 2.89. The first-order chi connectivity index (χ1) is 10.5. The zero-order valence-electron chi connectivity index (χ0n) is 12.6. The summed E-state index contributed by atoms with van der Waals surface area (Å²) in [4.78, 5) is 22.2. The highest BCUT2D eigenvalue weighted by Crippen LogP contribution is 2.38. The molecule has 0 aliphatic heterocycles. The second-order valence-corrected chi connectivity index (χ2v) is 3.98. The van der Waals surface area contributed by atoms with Crippen molar-refractivity contribution >= 4 is 11.9 Å². The fourth-order valence-electron chi connectivity index (χ4n) is 1.61. The minimum absolute atomic E-state index is 0.0168. The number of esters is 1. The van der Waals surface area contributed by atoms with Crippen molar-refractivity contribution < 1.29 is 33.6 Å². The van der Waals surface area contributed by atoms with Crippen molar-refractivity contribution in [3.63, 3.8) is 0 Å². The van der Waals surface area contributed by atoms with Crippen molar-refractivity contribution in [2.45, 2.75) is 6.92 Å². The van der Waals surface area contributed by atoms with Gasteiger partial charge in [0, 0.05) is 6.08 Å². The Morgan fingerprint density at radius 3 is 2.23 bits per heavy atom. The summed E-state index contributed by atoms with van der Waals surface area (Å²) < 4.78 is 20.4. The summed E-state index contributed by atoms with van der Waals surface area (Å²) in [6.45, 7) is 2.07. The molecular formula is C15H18O7. The van der Waals surface area contributed by atoms with E-state index in [0.717, 1.165) is 0 Å². The largest absolute Gasteiger partial charge is 0.493 e. The summed E-state index contributed by atoms with van der Waals surface area (Å²) in [7, 11) is 2.78. The standard InChI is InChI=1S/C15H18O7/c1-4-21-13(16)6-5-7-22-14-11(19-2)8-10(15(17)18)9-12(14)20-3/h5-6,8-9H,4,7H2,1-3H3,(H,17,18). The maximum Gasteiger partial charge on any atom is 0.335 e. The zero-order chi connectivity index (χ0) is 16.5. The first kappa shape index (κ1) is 17.4. The summed E-state index contributed by atoms with van der Waals surface area (Å²) in [5.41, 5.74) is 0.0168. The number of hydrogen-bond acceptors (Lipinski definition) is 6. The fraction of sp³-hybridized carbons (Fsp3) is 0.333. The maximum absolute atomic E-state index is 11.1. The van der Waals surface area contributed by atoms with Crippen molar-refractivity contribution in [3.05, 3.63) is 29.8 Å². The number of carboxylic acid groups (broad SMARTS) is 1. The van der Waals surface area contributed by atoms with Gasteiger partial charge < -0.3 is 24.1 Å². The molecule has 0 aliphatic rings.